The largest absolute Gasteiger partial charge is 0.497 e. The van der Waals surface area contributed by atoms with Gasteiger partial charge in [0, 0.05) is 48.7 Å². The lowest BCUT2D eigenvalue weighted by molar-refractivity contribution is -0.0382. The number of nitrogens with zero attached hydrogens (tertiary/aromatic N) is 2. The van der Waals surface area contributed by atoms with Crippen LogP contribution in [0.25, 0.3) is 10.9 Å². The quantitative estimate of drug-likeness (QED) is 0.460. The van der Waals surface area contributed by atoms with E-state index in [9.17, 15) is 4.79 Å². The summed E-state index contributed by atoms with van der Waals surface area (Å²) < 4.78 is 54.4. The maximum atomic E-state index is 16.2. The molecule has 10 heteroatoms. The smallest absolute Gasteiger partial charge is 0.320 e. The number of H-pyrrole nitrogens is 1. The average molecular weight is 530 g/mol. The molecule has 2 aliphatic heterocycles. The number of fused-ring (bicyclic) bond motifs is 2. The third-order valence-electron chi connectivity index (χ3n) is 7.34. The number of aromatic nitrogens is 1. The predicted octanol–water partition coefficient (Wildman–Crippen LogP) is 5.12. The second-order valence-corrected chi connectivity index (χ2v) is 9.50. The van der Waals surface area contributed by atoms with Crippen molar-refractivity contribution in [2.75, 3.05) is 53.7 Å². The van der Waals surface area contributed by atoms with Crippen molar-refractivity contribution in [1.29, 1.82) is 0 Å². The summed E-state index contributed by atoms with van der Waals surface area (Å²) in [6, 6.07) is 7.54. The van der Waals surface area contributed by atoms with Crippen LogP contribution in [0.5, 0.6) is 17.2 Å². The molecule has 204 valence electrons. The summed E-state index contributed by atoms with van der Waals surface area (Å²) in [4.78, 5) is 19.9. The van der Waals surface area contributed by atoms with Crippen molar-refractivity contribution in [1.82, 2.24) is 14.8 Å². The molecule has 3 aromatic rings. The van der Waals surface area contributed by atoms with Crippen LogP contribution >= 0.6 is 0 Å². The fourth-order valence-electron chi connectivity index (χ4n) is 5.40. The monoisotopic (exact) mass is 529 g/mol. The summed E-state index contributed by atoms with van der Waals surface area (Å²) >= 11 is 0. The number of methoxy groups -OCH3 is 2. The molecule has 2 aliphatic rings. The minimum atomic E-state index is -3.25. The zero-order valence-electron chi connectivity index (χ0n) is 21.9. The van der Waals surface area contributed by atoms with Gasteiger partial charge in [-0.25, -0.2) is 13.6 Å². The number of halogens is 2. The lowest BCUT2D eigenvalue weighted by Gasteiger charge is -2.42. The maximum absolute atomic E-state index is 16.2. The molecule has 0 bridgehead atoms. The highest BCUT2D eigenvalue weighted by atomic mass is 19.3. The normalized spacial score (nSPS) is 17.9. The Morgan fingerprint density at radius 1 is 1.11 bits per heavy atom. The van der Waals surface area contributed by atoms with E-state index in [4.69, 9.17) is 18.9 Å². The fraction of sp³-hybridized carbons (Fsp3) is 0.464. The van der Waals surface area contributed by atoms with E-state index in [2.05, 4.69) is 4.98 Å². The van der Waals surface area contributed by atoms with Gasteiger partial charge in [0.1, 0.15) is 5.75 Å². The summed E-state index contributed by atoms with van der Waals surface area (Å²) in [5, 5.41) is 0.390. The van der Waals surface area contributed by atoms with E-state index in [0.717, 1.165) is 5.56 Å². The zero-order valence-corrected chi connectivity index (χ0v) is 21.9. The maximum Gasteiger partial charge on any atom is 0.320 e. The summed E-state index contributed by atoms with van der Waals surface area (Å²) in [5.41, 5.74) is 1.99. The van der Waals surface area contributed by atoms with Gasteiger partial charge in [-0.3, -0.25) is 0 Å². The molecule has 1 fully saturated rings. The molecule has 2 aromatic carbocycles. The van der Waals surface area contributed by atoms with Gasteiger partial charge in [0.05, 0.1) is 40.1 Å². The molecule has 38 heavy (non-hydrogen) atoms. The molecule has 1 atom stereocenters. The van der Waals surface area contributed by atoms with Crippen LogP contribution in [0.4, 0.5) is 13.6 Å². The van der Waals surface area contributed by atoms with Crippen molar-refractivity contribution >= 4 is 16.9 Å². The molecule has 1 N–H and O–H groups in total. The highest BCUT2D eigenvalue weighted by Crippen LogP contribution is 2.47. The van der Waals surface area contributed by atoms with Gasteiger partial charge in [0.15, 0.2) is 11.5 Å². The molecular formula is C28H33F2N3O5. The van der Waals surface area contributed by atoms with Crippen molar-refractivity contribution in [2.45, 2.75) is 31.7 Å². The van der Waals surface area contributed by atoms with Crippen molar-refractivity contribution in [3.8, 4) is 17.2 Å². The van der Waals surface area contributed by atoms with E-state index >= 15 is 8.78 Å². The van der Waals surface area contributed by atoms with Crippen molar-refractivity contribution in [3.05, 3.63) is 53.2 Å². The van der Waals surface area contributed by atoms with Crippen LogP contribution in [0.1, 0.15) is 36.1 Å². The lowest BCUT2D eigenvalue weighted by Crippen LogP contribution is -2.51. The standard InChI is InChI=1S/C28H33F2N3O5/c1-4-38-26-15-20-18(13-25(26)36-3)7-8-33(27(34)32-9-11-37-12-10-32)24(20)16-28(29,30)22-17-31-23-6-5-19(35-2)14-21(22)23/h5-6,13-15,17,24,31H,4,7-12,16H2,1-3H3. The lowest BCUT2D eigenvalue weighted by atomic mass is 9.87. The highest BCUT2D eigenvalue weighted by Gasteiger charge is 2.44. The van der Waals surface area contributed by atoms with Gasteiger partial charge in [-0.05, 0) is 54.8 Å². The summed E-state index contributed by atoms with van der Waals surface area (Å²) in [5.74, 6) is -1.74. The number of alkyl halides is 2. The summed E-state index contributed by atoms with van der Waals surface area (Å²) in [7, 11) is 3.06. The molecule has 1 saturated heterocycles. The molecule has 3 heterocycles. The van der Waals surface area contributed by atoms with E-state index < -0.39 is 18.4 Å². The number of carbonyl (C=O) groups is 1. The van der Waals surface area contributed by atoms with Crippen LogP contribution in [0.3, 0.4) is 0 Å². The molecule has 8 nitrogen and oxygen atoms in total. The van der Waals surface area contributed by atoms with Crippen LogP contribution in [0, 0.1) is 0 Å². The number of amides is 2. The van der Waals surface area contributed by atoms with Gasteiger partial charge in [-0.15, -0.1) is 0 Å². The number of aromatic amines is 1. The minimum absolute atomic E-state index is 0.129. The first-order valence-electron chi connectivity index (χ1n) is 12.9. The first-order chi connectivity index (χ1) is 18.4. The molecule has 0 saturated carbocycles. The number of nitrogens with one attached hydrogen (secondary N) is 1. The highest BCUT2D eigenvalue weighted by molar-refractivity contribution is 5.85. The first kappa shape index (κ1) is 26.1. The second-order valence-electron chi connectivity index (χ2n) is 9.50. The van der Waals surface area contributed by atoms with E-state index in [1.165, 1.54) is 13.3 Å². The Balaban J connectivity index is 1.57. The van der Waals surface area contributed by atoms with Crippen molar-refractivity contribution < 1.29 is 32.5 Å². The number of hydrogen-bond acceptors (Lipinski definition) is 5. The number of morpholine rings is 1. The Morgan fingerprint density at radius 2 is 1.89 bits per heavy atom. The summed E-state index contributed by atoms with van der Waals surface area (Å²) in [6.45, 7) is 4.29. The number of carbonyl (C=O) groups excluding carboxylic acids is 1. The molecule has 2 amide bonds. The Bertz CT molecular complexity index is 1310. The molecule has 5 rings (SSSR count). The number of ether oxygens (including phenoxy) is 4. The van der Waals surface area contributed by atoms with Gasteiger partial charge in [-0.1, -0.05) is 0 Å². The van der Waals surface area contributed by atoms with Crippen LogP contribution in [0.15, 0.2) is 36.5 Å². The van der Waals surface area contributed by atoms with Crippen LogP contribution in [0.2, 0.25) is 0 Å². The van der Waals surface area contributed by atoms with Crippen molar-refractivity contribution in [2.24, 2.45) is 0 Å². The fourth-order valence-corrected chi connectivity index (χ4v) is 5.40. The zero-order chi connectivity index (χ0) is 26.9. The third-order valence-corrected chi connectivity index (χ3v) is 7.34. The Hall–Kier alpha value is -3.53. The number of hydrogen-bond donors (Lipinski definition) is 1. The summed E-state index contributed by atoms with van der Waals surface area (Å²) in [6.07, 6.45) is 1.29. The molecule has 1 unspecified atom stereocenters. The van der Waals surface area contributed by atoms with Crippen molar-refractivity contribution in [3.63, 3.8) is 0 Å². The Morgan fingerprint density at radius 3 is 2.61 bits per heavy atom. The van der Waals surface area contributed by atoms with Crippen LogP contribution in [-0.2, 0) is 17.1 Å². The second kappa shape index (κ2) is 10.7. The van der Waals surface area contributed by atoms with Crippen LogP contribution < -0.4 is 14.2 Å². The molecule has 0 aliphatic carbocycles. The molecular weight excluding hydrogens is 496 g/mol. The Kier molecular flexibility index (Phi) is 7.34. The predicted molar refractivity (Wildman–Crippen MR) is 138 cm³/mol. The number of benzene rings is 2. The third kappa shape index (κ3) is 4.84. The van der Waals surface area contributed by atoms with E-state index in [0.29, 0.717) is 79.6 Å². The van der Waals surface area contributed by atoms with Crippen LogP contribution in [-0.4, -0.2) is 74.5 Å². The van der Waals surface area contributed by atoms with E-state index in [1.54, 1.807) is 41.2 Å². The van der Waals surface area contributed by atoms with E-state index in [-0.39, 0.29) is 11.6 Å². The minimum Gasteiger partial charge on any atom is -0.497 e. The molecule has 0 spiro atoms. The van der Waals surface area contributed by atoms with Gasteiger partial charge in [0.2, 0.25) is 0 Å². The van der Waals surface area contributed by atoms with Gasteiger partial charge < -0.3 is 33.7 Å². The van der Waals surface area contributed by atoms with E-state index in [1.807, 2.05) is 13.0 Å². The van der Waals surface area contributed by atoms with Gasteiger partial charge >= 0.3 is 6.03 Å². The SMILES string of the molecule is CCOc1cc2c(cc1OC)CCN(C(=O)N1CCOCC1)C2CC(F)(F)c1c[nH]c2ccc(OC)cc12. The number of urea groups is 1. The number of rotatable bonds is 7. The topological polar surface area (TPSA) is 76.3 Å². The van der Waals surface area contributed by atoms with Gasteiger partial charge in [0.25, 0.3) is 5.92 Å². The Labute approximate surface area is 220 Å². The average Bonchev–Trinajstić information content (AvgIpc) is 3.37. The molecule has 0 radical (unpaired) electrons. The molecule has 1 aromatic heterocycles. The van der Waals surface area contributed by atoms with Gasteiger partial charge in [-0.2, -0.15) is 0 Å². The first-order valence-corrected chi connectivity index (χ1v) is 12.9.